The van der Waals surface area contributed by atoms with Crippen LogP contribution in [0.5, 0.6) is 11.5 Å². The number of aromatic nitrogens is 2. The molecule has 0 aliphatic heterocycles. The van der Waals surface area contributed by atoms with E-state index in [2.05, 4.69) is 4.98 Å². The van der Waals surface area contributed by atoms with Crippen molar-refractivity contribution in [3.63, 3.8) is 0 Å². The van der Waals surface area contributed by atoms with E-state index < -0.39 is 0 Å². The number of imidazole rings is 1. The first-order chi connectivity index (χ1) is 8.67. The third-order valence-electron chi connectivity index (χ3n) is 2.75. The molecular formula is C13H17N3O2. The summed E-state index contributed by atoms with van der Waals surface area (Å²) in [5.41, 5.74) is 7.39. The standard InChI is InChI=1S/C13H17N3O2/c1-16-8-10(7-14)15-13(16)9-4-11(17-2)6-12(5-9)18-3/h4-6,8H,7,14H2,1-3H3. The zero-order valence-corrected chi connectivity index (χ0v) is 10.8. The van der Waals surface area contributed by atoms with Crippen LogP contribution in [0.1, 0.15) is 5.69 Å². The number of hydrogen-bond donors (Lipinski definition) is 1. The van der Waals surface area contributed by atoms with E-state index in [0.717, 1.165) is 28.6 Å². The molecule has 1 aromatic carbocycles. The number of rotatable bonds is 4. The lowest BCUT2D eigenvalue weighted by Crippen LogP contribution is -1.95. The first kappa shape index (κ1) is 12.4. The van der Waals surface area contributed by atoms with E-state index in [9.17, 15) is 0 Å². The maximum absolute atomic E-state index is 5.60. The van der Waals surface area contributed by atoms with Crippen molar-refractivity contribution in [1.82, 2.24) is 9.55 Å². The summed E-state index contributed by atoms with van der Waals surface area (Å²) >= 11 is 0. The van der Waals surface area contributed by atoms with E-state index in [1.807, 2.05) is 36.0 Å². The van der Waals surface area contributed by atoms with Gasteiger partial charge in [0.25, 0.3) is 0 Å². The van der Waals surface area contributed by atoms with Gasteiger partial charge in [0.15, 0.2) is 0 Å². The molecule has 0 amide bonds. The summed E-state index contributed by atoms with van der Waals surface area (Å²) in [6.45, 7) is 0.426. The summed E-state index contributed by atoms with van der Waals surface area (Å²) in [4.78, 5) is 4.48. The summed E-state index contributed by atoms with van der Waals surface area (Å²) in [6, 6.07) is 5.67. The van der Waals surface area contributed by atoms with Crippen LogP contribution >= 0.6 is 0 Å². The van der Waals surface area contributed by atoms with Gasteiger partial charge in [0.05, 0.1) is 19.9 Å². The normalized spacial score (nSPS) is 10.4. The van der Waals surface area contributed by atoms with Gasteiger partial charge >= 0.3 is 0 Å². The number of aryl methyl sites for hydroxylation is 1. The van der Waals surface area contributed by atoms with Crippen molar-refractivity contribution in [3.8, 4) is 22.9 Å². The van der Waals surface area contributed by atoms with Gasteiger partial charge in [0, 0.05) is 31.4 Å². The Morgan fingerprint density at radius 1 is 1.17 bits per heavy atom. The van der Waals surface area contributed by atoms with Gasteiger partial charge in [-0.05, 0) is 12.1 Å². The van der Waals surface area contributed by atoms with Gasteiger partial charge in [0.2, 0.25) is 0 Å². The van der Waals surface area contributed by atoms with Crippen LogP contribution < -0.4 is 15.2 Å². The molecule has 5 nitrogen and oxygen atoms in total. The van der Waals surface area contributed by atoms with Crippen molar-refractivity contribution in [2.45, 2.75) is 6.54 Å². The summed E-state index contributed by atoms with van der Waals surface area (Å²) in [6.07, 6.45) is 1.92. The lowest BCUT2D eigenvalue weighted by Gasteiger charge is -2.08. The highest BCUT2D eigenvalue weighted by atomic mass is 16.5. The van der Waals surface area contributed by atoms with Gasteiger partial charge in [-0.15, -0.1) is 0 Å². The topological polar surface area (TPSA) is 62.3 Å². The maximum Gasteiger partial charge on any atom is 0.140 e. The van der Waals surface area contributed by atoms with E-state index in [1.165, 1.54) is 0 Å². The Balaban J connectivity index is 2.51. The first-order valence-electron chi connectivity index (χ1n) is 5.63. The summed E-state index contributed by atoms with van der Waals surface area (Å²) in [5.74, 6) is 2.32. The fraction of sp³-hybridized carbons (Fsp3) is 0.308. The van der Waals surface area contributed by atoms with Crippen LogP contribution in [0.3, 0.4) is 0 Å². The Morgan fingerprint density at radius 3 is 2.22 bits per heavy atom. The fourth-order valence-electron chi connectivity index (χ4n) is 1.83. The number of benzene rings is 1. The minimum Gasteiger partial charge on any atom is -0.497 e. The van der Waals surface area contributed by atoms with Crippen molar-refractivity contribution >= 4 is 0 Å². The second-order valence-electron chi connectivity index (χ2n) is 3.97. The van der Waals surface area contributed by atoms with E-state index in [-0.39, 0.29) is 0 Å². The molecule has 96 valence electrons. The van der Waals surface area contributed by atoms with Gasteiger partial charge in [-0.2, -0.15) is 0 Å². The first-order valence-corrected chi connectivity index (χ1v) is 5.63. The van der Waals surface area contributed by atoms with Crippen LogP contribution in [0.4, 0.5) is 0 Å². The summed E-state index contributed by atoms with van der Waals surface area (Å²) in [5, 5.41) is 0. The average molecular weight is 247 g/mol. The lowest BCUT2D eigenvalue weighted by molar-refractivity contribution is 0.394. The SMILES string of the molecule is COc1cc(OC)cc(-c2nc(CN)cn2C)c1. The Kier molecular flexibility index (Phi) is 3.53. The minimum absolute atomic E-state index is 0.426. The third kappa shape index (κ3) is 2.31. The van der Waals surface area contributed by atoms with E-state index in [4.69, 9.17) is 15.2 Å². The van der Waals surface area contributed by atoms with Crippen LogP contribution in [-0.4, -0.2) is 23.8 Å². The average Bonchev–Trinajstić information content (AvgIpc) is 2.79. The van der Waals surface area contributed by atoms with Crippen molar-refractivity contribution in [3.05, 3.63) is 30.1 Å². The molecule has 0 radical (unpaired) electrons. The van der Waals surface area contributed by atoms with Crippen LogP contribution in [0.25, 0.3) is 11.4 Å². The van der Waals surface area contributed by atoms with Crippen molar-refractivity contribution in [1.29, 1.82) is 0 Å². The largest absolute Gasteiger partial charge is 0.497 e. The number of nitrogens with two attached hydrogens (primary N) is 1. The van der Waals surface area contributed by atoms with Gasteiger partial charge < -0.3 is 19.8 Å². The molecule has 1 aromatic heterocycles. The molecule has 0 aliphatic carbocycles. The molecule has 0 saturated carbocycles. The van der Waals surface area contributed by atoms with Gasteiger partial charge in [-0.3, -0.25) is 0 Å². The fourth-order valence-corrected chi connectivity index (χ4v) is 1.83. The smallest absolute Gasteiger partial charge is 0.140 e. The molecule has 0 fully saturated rings. The molecule has 0 saturated heterocycles. The van der Waals surface area contributed by atoms with Crippen LogP contribution in [0, 0.1) is 0 Å². The quantitative estimate of drug-likeness (QED) is 0.890. The molecule has 0 aliphatic rings. The number of hydrogen-bond acceptors (Lipinski definition) is 4. The Hall–Kier alpha value is -2.01. The number of ether oxygens (including phenoxy) is 2. The highest BCUT2D eigenvalue weighted by Gasteiger charge is 2.10. The summed E-state index contributed by atoms with van der Waals surface area (Å²) in [7, 11) is 5.19. The Labute approximate surface area is 106 Å². The van der Waals surface area contributed by atoms with Crippen molar-refractivity contribution < 1.29 is 9.47 Å². The second kappa shape index (κ2) is 5.10. The highest BCUT2D eigenvalue weighted by Crippen LogP contribution is 2.28. The molecule has 0 atom stereocenters. The van der Waals surface area contributed by atoms with E-state index in [1.54, 1.807) is 14.2 Å². The lowest BCUT2D eigenvalue weighted by atomic mass is 10.2. The second-order valence-corrected chi connectivity index (χ2v) is 3.97. The predicted molar refractivity (Wildman–Crippen MR) is 69.6 cm³/mol. The van der Waals surface area contributed by atoms with Gasteiger partial charge in [0.1, 0.15) is 17.3 Å². The molecule has 2 rings (SSSR count). The molecule has 18 heavy (non-hydrogen) atoms. The Morgan fingerprint density at radius 2 is 1.78 bits per heavy atom. The molecule has 1 heterocycles. The predicted octanol–water partition coefficient (Wildman–Crippen LogP) is 1.56. The van der Waals surface area contributed by atoms with Crippen molar-refractivity contribution in [2.24, 2.45) is 12.8 Å². The Bertz CT molecular complexity index is 527. The van der Waals surface area contributed by atoms with Crippen LogP contribution in [0.15, 0.2) is 24.4 Å². The van der Waals surface area contributed by atoms with Crippen LogP contribution in [0.2, 0.25) is 0 Å². The number of nitrogens with zero attached hydrogens (tertiary/aromatic N) is 2. The zero-order valence-electron chi connectivity index (χ0n) is 10.8. The van der Waals surface area contributed by atoms with E-state index in [0.29, 0.717) is 6.54 Å². The molecule has 0 spiro atoms. The zero-order chi connectivity index (χ0) is 13.1. The van der Waals surface area contributed by atoms with Crippen LogP contribution in [-0.2, 0) is 13.6 Å². The monoisotopic (exact) mass is 247 g/mol. The minimum atomic E-state index is 0.426. The molecule has 2 aromatic rings. The summed E-state index contributed by atoms with van der Waals surface area (Å²) < 4.78 is 12.4. The van der Waals surface area contributed by atoms with Gasteiger partial charge in [-0.25, -0.2) is 4.98 Å². The molecule has 0 bridgehead atoms. The maximum atomic E-state index is 5.60. The van der Waals surface area contributed by atoms with Gasteiger partial charge in [-0.1, -0.05) is 0 Å². The third-order valence-corrected chi connectivity index (χ3v) is 2.75. The van der Waals surface area contributed by atoms with Crippen molar-refractivity contribution in [2.75, 3.05) is 14.2 Å². The van der Waals surface area contributed by atoms with E-state index >= 15 is 0 Å². The highest BCUT2D eigenvalue weighted by molar-refractivity contribution is 5.61. The molecule has 2 N–H and O–H groups in total. The molecule has 5 heteroatoms. The molecular weight excluding hydrogens is 230 g/mol. The molecule has 0 unspecified atom stereocenters. The number of methoxy groups -OCH3 is 2.